The van der Waals surface area contributed by atoms with Crippen molar-refractivity contribution in [3.8, 4) is 0 Å². The number of hydrogen-bond acceptors (Lipinski definition) is 4. The zero-order chi connectivity index (χ0) is 20.5. The molecule has 2 amide bonds. The van der Waals surface area contributed by atoms with Crippen LogP contribution >= 0.6 is 11.6 Å². The third kappa shape index (κ3) is 5.85. The first-order valence-electron chi connectivity index (χ1n) is 8.69. The Morgan fingerprint density at radius 2 is 1.83 bits per heavy atom. The van der Waals surface area contributed by atoms with Crippen LogP contribution in [0, 0.1) is 0 Å². The highest BCUT2D eigenvalue weighted by Crippen LogP contribution is 2.21. The van der Waals surface area contributed by atoms with Crippen LogP contribution in [-0.2, 0) is 0 Å². The number of halogens is 1. The van der Waals surface area contributed by atoms with E-state index >= 15 is 0 Å². The summed E-state index contributed by atoms with van der Waals surface area (Å²) >= 11 is 6.01. The summed E-state index contributed by atoms with van der Waals surface area (Å²) in [6.07, 6.45) is 8.03. The van der Waals surface area contributed by atoms with E-state index in [-0.39, 0.29) is 11.5 Å². The summed E-state index contributed by atoms with van der Waals surface area (Å²) in [5.41, 5.74) is 4.32. The number of allylic oxidation sites excluding steroid dienone is 1. The molecule has 0 saturated carbocycles. The molecule has 0 aliphatic heterocycles. The summed E-state index contributed by atoms with van der Waals surface area (Å²) in [6, 6.07) is 17.6. The maximum atomic E-state index is 12.5. The second-order valence-corrected chi connectivity index (χ2v) is 6.31. The molecule has 0 aliphatic rings. The van der Waals surface area contributed by atoms with Gasteiger partial charge >= 0.3 is 0 Å². The predicted molar refractivity (Wildman–Crippen MR) is 115 cm³/mol. The lowest BCUT2D eigenvalue weighted by molar-refractivity contribution is 0.0956. The summed E-state index contributed by atoms with van der Waals surface area (Å²) in [5.74, 6) is -0.887. The van der Waals surface area contributed by atoms with Gasteiger partial charge in [-0.15, -0.1) is 0 Å². The van der Waals surface area contributed by atoms with E-state index in [9.17, 15) is 9.59 Å². The highest BCUT2D eigenvalue weighted by atomic mass is 35.5. The molecule has 3 aromatic rings. The molecule has 2 N–H and O–H groups in total. The molecule has 0 radical (unpaired) electrons. The summed E-state index contributed by atoms with van der Waals surface area (Å²) in [4.78, 5) is 28.8. The third-order valence-electron chi connectivity index (χ3n) is 3.81. The van der Waals surface area contributed by atoms with Crippen LogP contribution in [-0.4, -0.2) is 23.0 Å². The molecular formula is C22H17ClN4O2. The van der Waals surface area contributed by atoms with Gasteiger partial charge in [0.15, 0.2) is 0 Å². The zero-order valence-corrected chi connectivity index (χ0v) is 16.0. The van der Waals surface area contributed by atoms with Gasteiger partial charge in [-0.05, 0) is 42.0 Å². The van der Waals surface area contributed by atoms with Crippen molar-refractivity contribution < 1.29 is 9.59 Å². The van der Waals surface area contributed by atoms with E-state index in [0.717, 1.165) is 5.56 Å². The van der Waals surface area contributed by atoms with Gasteiger partial charge in [-0.2, -0.15) is 5.10 Å². The average Bonchev–Trinajstić information content (AvgIpc) is 2.76. The summed E-state index contributed by atoms with van der Waals surface area (Å²) in [7, 11) is 0. The zero-order valence-electron chi connectivity index (χ0n) is 15.2. The van der Waals surface area contributed by atoms with Crippen LogP contribution in [0.5, 0.6) is 0 Å². The molecule has 0 fully saturated rings. The fourth-order valence-electron chi connectivity index (χ4n) is 2.42. The van der Waals surface area contributed by atoms with Crippen LogP contribution in [0.25, 0.3) is 6.08 Å². The first-order chi connectivity index (χ1) is 14.1. The van der Waals surface area contributed by atoms with Crippen LogP contribution in [0.2, 0.25) is 5.02 Å². The molecule has 0 saturated heterocycles. The van der Waals surface area contributed by atoms with E-state index in [1.54, 1.807) is 36.5 Å². The average molecular weight is 405 g/mol. The molecule has 2 aromatic carbocycles. The lowest BCUT2D eigenvalue weighted by Crippen LogP contribution is -2.21. The van der Waals surface area contributed by atoms with Crippen LogP contribution in [0.15, 0.2) is 84.2 Å². The molecule has 7 heteroatoms. The number of anilines is 1. The standard InChI is InChI=1S/C22H17ClN4O2/c23-18-10-11-20(26-21(28)17-9-5-12-24-15-17)19(14-18)22(29)27-25-13-4-8-16-6-2-1-3-7-16/h1-15H,(H,26,28)(H,27,29). The number of carbonyl (C=O) groups is 2. The molecule has 0 atom stereocenters. The Hall–Kier alpha value is -3.77. The smallest absolute Gasteiger partial charge is 0.273 e. The minimum Gasteiger partial charge on any atom is -0.321 e. The molecule has 0 spiro atoms. The summed E-state index contributed by atoms with van der Waals surface area (Å²) < 4.78 is 0. The number of hydrogen-bond donors (Lipinski definition) is 2. The van der Waals surface area contributed by atoms with Crippen molar-refractivity contribution in [2.45, 2.75) is 0 Å². The fourth-order valence-corrected chi connectivity index (χ4v) is 2.59. The molecule has 0 unspecified atom stereocenters. The molecule has 1 heterocycles. The first kappa shape index (κ1) is 20.0. The Morgan fingerprint density at radius 3 is 2.59 bits per heavy atom. The van der Waals surface area contributed by atoms with Crippen molar-refractivity contribution in [2.75, 3.05) is 5.32 Å². The number of nitrogens with zero attached hydrogens (tertiary/aromatic N) is 2. The number of benzene rings is 2. The topological polar surface area (TPSA) is 83.5 Å². The van der Waals surface area contributed by atoms with Crippen LogP contribution < -0.4 is 10.7 Å². The Kier molecular flexibility index (Phi) is 6.86. The second kappa shape index (κ2) is 9.96. The van der Waals surface area contributed by atoms with Gasteiger partial charge in [0, 0.05) is 23.6 Å². The SMILES string of the molecule is O=C(Nc1ccc(Cl)cc1C(=O)NN=CC=Cc1ccccc1)c1cccnc1. The van der Waals surface area contributed by atoms with E-state index in [1.807, 2.05) is 36.4 Å². The quantitative estimate of drug-likeness (QED) is 0.471. The molecule has 0 aliphatic carbocycles. The van der Waals surface area contributed by atoms with Crippen molar-refractivity contribution >= 4 is 41.4 Å². The lowest BCUT2D eigenvalue weighted by atomic mass is 10.1. The molecule has 0 bridgehead atoms. The van der Waals surface area contributed by atoms with Gasteiger partial charge in [0.1, 0.15) is 0 Å². The Morgan fingerprint density at radius 1 is 1.00 bits per heavy atom. The third-order valence-corrected chi connectivity index (χ3v) is 4.05. The monoisotopic (exact) mass is 404 g/mol. The fraction of sp³-hybridized carbons (Fsp3) is 0. The largest absolute Gasteiger partial charge is 0.321 e. The molecule has 1 aromatic heterocycles. The summed E-state index contributed by atoms with van der Waals surface area (Å²) in [6.45, 7) is 0. The Labute approximate surface area is 172 Å². The maximum Gasteiger partial charge on any atom is 0.273 e. The van der Waals surface area contributed by atoms with Crippen molar-refractivity contribution in [3.63, 3.8) is 0 Å². The van der Waals surface area contributed by atoms with Crippen molar-refractivity contribution in [1.82, 2.24) is 10.4 Å². The van der Waals surface area contributed by atoms with Gasteiger partial charge in [-0.3, -0.25) is 14.6 Å². The highest BCUT2D eigenvalue weighted by molar-refractivity contribution is 6.31. The number of pyridine rings is 1. The molecule has 6 nitrogen and oxygen atoms in total. The number of amides is 2. The van der Waals surface area contributed by atoms with E-state index < -0.39 is 5.91 Å². The molecule has 3 rings (SSSR count). The van der Waals surface area contributed by atoms with Crippen LogP contribution in [0.4, 0.5) is 5.69 Å². The normalized spacial score (nSPS) is 10.9. The van der Waals surface area contributed by atoms with E-state index in [1.165, 1.54) is 18.5 Å². The Bertz CT molecular complexity index is 1050. The van der Waals surface area contributed by atoms with Gasteiger partial charge in [0.2, 0.25) is 0 Å². The van der Waals surface area contributed by atoms with E-state index in [0.29, 0.717) is 16.3 Å². The number of rotatable bonds is 6. The second-order valence-electron chi connectivity index (χ2n) is 5.87. The maximum absolute atomic E-state index is 12.5. The van der Waals surface area contributed by atoms with Gasteiger partial charge in [0.25, 0.3) is 11.8 Å². The van der Waals surface area contributed by atoms with Crippen LogP contribution in [0.3, 0.4) is 0 Å². The minimum atomic E-state index is -0.502. The summed E-state index contributed by atoms with van der Waals surface area (Å²) in [5, 5.41) is 6.95. The van der Waals surface area contributed by atoms with Gasteiger partial charge in [0.05, 0.1) is 16.8 Å². The lowest BCUT2D eigenvalue weighted by Gasteiger charge is -2.10. The number of aromatic nitrogens is 1. The van der Waals surface area contributed by atoms with E-state index in [2.05, 4.69) is 20.8 Å². The minimum absolute atomic E-state index is 0.193. The van der Waals surface area contributed by atoms with E-state index in [4.69, 9.17) is 11.6 Å². The first-order valence-corrected chi connectivity index (χ1v) is 9.07. The Balaban J connectivity index is 1.68. The van der Waals surface area contributed by atoms with Crippen molar-refractivity contribution in [3.05, 3.63) is 101 Å². The molecular weight excluding hydrogens is 388 g/mol. The van der Waals surface area contributed by atoms with Gasteiger partial charge in [-0.25, -0.2) is 5.43 Å². The van der Waals surface area contributed by atoms with Crippen molar-refractivity contribution in [1.29, 1.82) is 0 Å². The molecule has 144 valence electrons. The number of nitrogens with one attached hydrogen (secondary N) is 2. The highest BCUT2D eigenvalue weighted by Gasteiger charge is 2.15. The van der Waals surface area contributed by atoms with Gasteiger partial charge in [-0.1, -0.05) is 48.0 Å². The van der Waals surface area contributed by atoms with Gasteiger partial charge < -0.3 is 5.32 Å². The predicted octanol–water partition coefficient (Wildman–Crippen LogP) is 4.42. The number of hydrazone groups is 1. The number of carbonyl (C=O) groups excluding carboxylic acids is 2. The molecule has 29 heavy (non-hydrogen) atoms. The van der Waals surface area contributed by atoms with Crippen LogP contribution in [0.1, 0.15) is 26.3 Å². The van der Waals surface area contributed by atoms with Crippen molar-refractivity contribution in [2.24, 2.45) is 5.10 Å².